The summed E-state index contributed by atoms with van der Waals surface area (Å²) in [5.74, 6) is 0.737. The minimum Gasteiger partial charge on any atom is -0.394 e. The smallest absolute Gasteiger partial charge is 0.224 e. The van der Waals surface area contributed by atoms with Gasteiger partial charge < -0.3 is 15.5 Å². The van der Waals surface area contributed by atoms with E-state index in [1.165, 1.54) is 0 Å². The van der Waals surface area contributed by atoms with Crippen LogP contribution < -0.4 is 15.5 Å². The van der Waals surface area contributed by atoms with Crippen LogP contribution in [-0.4, -0.2) is 41.1 Å². The van der Waals surface area contributed by atoms with E-state index in [0.29, 0.717) is 5.69 Å². The lowest BCUT2D eigenvalue weighted by Gasteiger charge is -2.35. The lowest BCUT2D eigenvalue weighted by atomic mass is 10.3. The van der Waals surface area contributed by atoms with Crippen LogP contribution in [0.2, 0.25) is 5.28 Å². The Kier molecular flexibility index (Phi) is 3.62. The molecular weight excluding hydrogens is 296 g/mol. The summed E-state index contributed by atoms with van der Waals surface area (Å²) in [5, 5.41) is 3.30. The van der Waals surface area contributed by atoms with E-state index < -0.39 is 0 Å². The molecule has 0 aliphatic carbocycles. The highest BCUT2D eigenvalue weighted by atomic mass is 35.5. The second-order valence-corrected chi connectivity index (χ2v) is 5.82. The lowest BCUT2D eigenvalue weighted by molar-refractivity contribution is 0.646. The van der Waals surface area contributed by atoms with E-state index in [0.717, 1.165) is 42.8 Å². The fourth-order valence-corrected chi connectivity index (χ4v) is 3.16. The molecule has 0 radical (unpaired) electrons. The van der Waals surface area contributed by atoms with Crippen molar-refractivity contribution in [3.05, 3.63) is 22.6 Å². The number of rotatable bonds is 2. The van der Waals surface area contributed by atoms with E-state index in [1.54, 1.807) is 11.3 Å². The van der Waals surface area contributed by atoms with Crippen molar-refractivity contribution in [2.24, 2.45) is 0 Å². The number of nitrogen functional groups attached to an aromatic ring is 1. The molecule has 20 heavy (non-hydrogen) atoms. The van der Waals surface area contributed by atoms with E-state index in [2.05, 4.69) is 24.8 Å². The van der Waals surface area contributed by atoms with Crippen LogP contribution in [0.4, 0.5) is 16.6 Å². The van der Waals surface area contributed by atoms with Crippen LogP contribution in [0.5, 0.6) is 0 Å². The molecule has 1 aliphatic heterocycles. The topological polar surface area (TPSA) is 71.2 Å². The van der Waals surface area contributed by atoms with E-state index >= 15 is 0 Å². The van der Waals surface area contributed by atoms with E-state index in [4.69, 9.17) is 17.3 Å². The number of piperazine rings is 1. The van der Waals surface area contributed by atoms with Gasteiger partial charge in [0.1, 0.15) is 0 Å². The molecule has 0 spiro atoms. The Morgan fingerprint density at radius 2 is 1.90 bits per heavy atom. The van der Waals surface area contributed by atoms with Gasteiger partial charge in [0, 0.05) is 37.8 Å². The molecule has 0 bridgehead atoms. The number of halogens is 1. The Balaban J connectivity index is 1.75. The van der Waals surface area contributed by atoms with Gasteiger partial charge in [0.15, 0.2) is 10.9 Å². The number of nitrogens with zero attached hydrogens (tertiary/aromatic N) is 5. The molecule has 106 valence electrons. The van der Waals surface area contributed by atoms with Crippen molar-refractivity contribution >= 4 is 39.6 Å². The average Bonchev–Trinajstić information content (AvgIpc) is 2.97. The summed E-state index contributed by atoms with van der Waals surface area (Å²) < 4.78 is 0. The maximum atomic E-state index is 6.06. The third kappa shape index (κ3) is 2.51. The Morgan fingerprint density at radius 3 is 2.55 bits per heavy atom. The SMILES string of the molecule is Cc1nc(Cl)nc(N2CCN(c3nccs3)CC2)c1N. The molecule has 8 heteroatoms. The first kappa shape index (κ1) is 13.4. The van der Waals surface area contributed by atoms with Gasteiger partial charge in [0.05, 0.1) is 11.4 Å². The Bertz CT molecular complexity index is 594. The summed E-state index contributed by atoms with van der Waals surface area (Å²) >= 11 is 7.59. The van der Waals surface area contributed by atoms with Crippen molar-refractivity contribution in [2.75, 3.05) is 41.7 Å². The minimum atomic E-state index is 0.244. The third-order valence-electron chi connectivity index (χ3n) is 3.36. The van der Waals surface area contributed by atoms with Gasteiger partial charge in [-0.05, 0) is 18.5 Å². The van der Waals surface area contributed by atoms with E-state index in [1.807, 2.05) is 18.5 Å². The summed E-state index contributed by atoms with van der Waals surface area (Å²) in [6.45, 7) is 5.33. The van der Waals surface area contributed by atoms with Crippen molar-refractivity contribution in [2.45, 2.75) is 6.92 Å². The quantitative estimate of drug-likeness (QED) is 0.853. The van der Waals surface area contributed by atoms with Gasteiger partial charge in [0.25, 0.3) is 0 Å². The van der Waals surface area contributed by atoms with Crippen LogP contribution in [-0.2, 0) is 0 Å². The van der Waals surface area contributed by atoms with Gasteiger partial charge >= 0.3 is 0 Å². The number of aromatic nitrogens is 3. The van der Waals surface area contributed by atoms with Crippen LogP contribution in [0.3, 0.4) is 0 Å². The number of hydrogen-bond donors (Lipinski definition) is 1. The molecule has 0 saturated carbocycles. The van der Waals surface area contributed by atoms with Gasteiger partial charge in [-0.3, -0.25) is 0 Å². The maximum Gasteiger partial charge on any atom is 0.224 e. The molecule has 6 nitrogen and oxygen atoms in total. The molecule has 2 aromatic heterocycles. The number of aryl methyl sites for hydroxylation is 1. The van der Waals surface area contributed by atoms with E-state index in [-0.39, 0.29) is 5.28 Å². The standard InChI is InChI=1S/C12H15ClN6S/c1-8-9(14)10(17-11(13)16-8)18-3-5-19(6-4-18)12-15-2-7-20-12/h2,7H,3-6,14H2,1H3. The van der Waals surface area contributed by atoms with Gasteiger partial charge in [-0.1, -0.05) is 0 Å². The maximum absolute atomic E-state index is 6.06. The van der Waals surface area contributed by atoms with Gasteiger partial charge in [-0.2, -0.15) is 4.98 Å². The second kappa shape index (κ2) is 5.41. The first-order valence-corrected chi connectivity index (χ1v) is 7.60. The molecule has 0 aromatic carbocycles. The number of anilines is 3. The predicted octanol–water partition coefficient (Wildman–Crippen LogP) is 1.80. The molecule has 1 saturated heterocycles. The molecule has 0 amide bonds. The van der Waals surface area contributed by atoms with Crippen molar-refractivity contribution in [3.8, 4) is 0 Å². The highest BCUT2D eigenvalue weighted by Gasteiger charge is 2.22. The number of thiazole rings is 1. The molecule has 2 aromatic rings. The third-order valence-corrected chi connectivity index (χ3v) is 4.36. The monoisotopic (exact) mass is 310 g/mol. The minimum absolute atomic E-state index is 0.244. The number of hydrogen-bond acceptors (Lipinski definition) is 7. The average molecular weight is 311 g/mol. The zero-order valence-corrected chi connectivity index (χ0v) is 12.7. The molecule has 0 atom stereocenters. The highest BCUT2D eigenvalue weighted by Crippen LogP contribution is 2.27. The zero-order valence-electron chi connectivity index (χ0n) is 11.1. The molecule has 0 unspecified atom stereocenters. The van der Waals surface area contributed by atoms with Gasteiger partial charge in [0.2, 0.25) is 5.28 Å². The highest BCUT2D eigenvalue weighted by molar-refractivity contribution is 7.13. The van der Waals surface area contributed by atoms with Crippen LogP contribution in [0.1, 0.15) is 5.69 Å². The first-order chi connectivity index (χ1) is 9.65. The van der Waals surface area contributed by atoms with E-state index in [9.17, 15) is 0 Å². The Hall–Kier alpha value is -1.60. The second-order valence-electron chi connectivity index (χ2n) is 4.60. The van der Waals surface area contributed by atoms with Crippen LogP contribution in [0.15, 0.2) is 11.6 Å². The van der Waals surface area contributed by atoms with Crippen LogP contribution >= 0.6 is 22.9 Å². The Labute approximate surface area is 126 Å². The number of nitrogens with two attached hydrogens (primary N) is 1. The summed E-state index contributed by atoms with van der Waals surface area (Å²) in [4.78, 5) is 17.1. The fourth-order valence-electron chi connectivity index (χ4n) is 2.26. The van der Waals surface area contributed by atoms with Crippen molar-refractivity contribution in [3.63, 3.8) is 0 Å². The van der Waals surface area contributed by atoms with Gasteiger partial charge in [-0.25, -0.2) is 9.97 Å². The molecule has 3 heterocycles. The van der Waals surface area contributed by atoms with Gasteiger partial charge in [-0.15, -0.1) is 11.3 Å². The molecule has 1 aliphatic rings. The predicted molar refractivity (Wildman–Crippen MR) is 82.7 cm³/mol. The molecular formula is C12H15ClN6S. The fraction of sp³-hybridized carbons (Fsp3) is 0.417. The first-order valence-electron chi connectivity index (χ1n) is 6.34. The molecule has 3 rings (SSSR count). The molecule has 1 fully saturated rings. The Morgan fingerprint density at radius 1 is 1.20 bits per heavy atom. The van der Waals surface area contributed by atoms with Crippen molar-refractivity contribution in [1.29, 1.82) is 0 Å². The lowest BCUT2D eigenvalue weighted by Crippen LogP contribution is -2.47. The van der Waals surface area contributed by atoms with Crippen molar-refractivity contribution in [1.82, 2.24) is 15.0 Å². The van der Waals surface area contributed by atoms with Crippen LogP contribution in [0, 0.1) is 6.92 Å². The summed E-state index contributed by atoms with van der Waals surface area (Å²) in [6.07, 6.45) is 1.83. The van der Waals surface area contributed by atoms with Crippen LogP contribution in [0.25, 0.3) is 0 Å². The van der Waals surface area contributed by atoms with Crippen molar-refractivity contribution < 1.29 is 0 Å². The normalized spacial score (nSPS) is 15.7. The zero-order chi connectivity index (χ0) is 14.1. The summed E-state index contributed by atoms with van der Waals surface area (Å²) in [5.41, 5.74) is 7.40. The molecule has 2 N–H and O–H groups in total. The largest absolute Gasteiger partial charge is 0.394 e. The summed E-state index contributed by atoms with van der Waals surface area (Å²) in [6, 6.07) is 0. The summed E-state index contributed by atoms with van der Waals surface area (Å²) in [7, 11) is 0.